The number of aromatic hydroxyl groups is 1. The summed E-state index contributed by atoms with van der Waals surface area (Å²) in [6.07, 6.45) is 0. The van der Waals surface area contributed by atoms with Gasteiger partial charge in [0.15, 0.2) is 0 Å². The van der Waals surface area contributed by atoms with E-state index >= 15 is 0 Å². The number of hydrogen-bond acceptors (Lipinski definition) is 3. The number of fused-ring (bicyclic) bond motifs is 3. The van der Waals surface area contributed by atoms with Crippen molar-refractivity contribution in [3.05, 3.63) is 115 Å². The molecule has 158 valence electrons. The Kier molecular flexibility index (Phi) is 4.59. The summed E-state index contributed by atoms with van der Waals surface area (Å²) in [5, 5.41) is 16.0. The molecule has 3 nitrogen and oxygen atoms in total. The first-order valence-electron chi connectivity index (χ1n) is 10.9. The molecule has 6 aromatic rings. The molecule has 0 unspecified atom stereocenters. The van der Waals surface area contributed by atoms with Crippen molar-refractivity contribution in [3.8, 4) is 28.0 Å². The van der Waals surface area contributed by atoms with Gasteiger partial charge in [0, 0.05) is 22.2 Å². The van der Waals surface area contributed by atoms with Crippen LogP contribution in [0.15, 0.2) is 120 Å². The van der Waals surface area contributed by atoms with E-state index in [0.717, 1.165) is 55.6 Å². The summed E-state index contributed by atoms with van der Waals surface area (Å²) in [7, 11) is 0. The van der Waals surface area contributed by atoms with E-state index in [2.05, 4.69) is 41.7 Å². The van der Waals surface area contributed by atoms with Crippen LogP contribution in [0.2, 0.25) is 0 Å². The Labute approximate surface area is 191 Å². The topological polar surface area (TPSA) is 45.4 Å². The van der Waals surface area contributed by atoms with Crippen LogP contribution in [-0.4, -0.2) is 5.11 Å². The molecule has 1 aromatic heterocycles. The monoisotopic (exact) mass is 427 g/mol. The third-order valence-corrected chi connectivity index (χ3v) is 6.01. The predicted octanol–water partition coefficient (Wildman–Crippen LogP) is 8.37. The quantitative estimate of drug-likeness (QED) is 0.297. The zero-order valence-electron chi connectivity index (χ0n) is 17.8. The Morgan fingerprint density at radius 2 is 1.12 bits per heavy atom. The van der Waals surface area contributed by atoms with Gasteiger partial charge in [0.25, 0.3) is 0 Å². The summed E-state index contributed by atoms with van der Waals surface area (Å²) in [4.78, 5) is 0. The largest absolute Gasteiger partial charge is 0.507 e. The summed E-state index contributed by atoms with van der Waals surface area (Å²) in [5.74, 6) is 0.285. The lowest BCUT2D eigenvalue weighted by molar-refractivity contribution is 0.477. The van der Waals surface area contributed by atoms with Crippen molar-refractivity contribution >= 4 is 33.3 Å². The highest BCUT2D eigenvalue weighted by molar-refractivity contribution is 6.12. The van der Waals surface area contributed by atoms with E-state index in [0.29, 0.717) is 0 Å². The molecule has 0 radical (unpaired) electrons. The minimum atomic E-state index is 0.285. The number of phenolic OH excluding ortho intramolecular Hbond substituents is 1. The summed E-state index contributed by atoms with van der Waals surface area (Å²) >= 11 is 0. The first-order chi connectivity index (χ1) is 16.3. The molecule has 0 aliphatic rings. The fourth-order valence-corrected chi connectivity index (χ4v) is 4.41. The highest BCUT2D eigenvalue weighted by Gasteiger charge is 2.13. The van der Waals surface area contributed by atoms with E-state index in [1.54, 1.807) is 6.07 Å². The molecular weight excluding hydrogens is 406 g/mol. The SMILES string of the molecule is Oc1ccccc1-c1ccc(-c2ccccc2Nc2cccc3oc4ccccc4c23)cc1. The second kappa shape index (κ2) is 7.88. The molecule has 0 bridgehead atoms. The molecule has 0 aliphatic heterocycles. The molecule has 0 amide bonds. The van der Waals surface area contributed by atoms with Gasteiger partial charge in [0.05, 0.1) is 11.1 Å². The molecule has 1 heterocycles. The van der Waals surface area contributed by atoms with Gasteiger partial charge in [-0.25, -0.2) is 0 Å². The highest BCUT2D eigenvalue weighted by atomic mass is 16.3. The van der Waals surface area contributed by atoms with E-state index in [1.807, 2.05) is 72.8 Å². The van der Waals surface area contributed by atoms with Gasteiger partial charge in [-0.1, -0.05) is 84.9 Å². The summed E-state index contributed by atoms with van der Waals surface area (Å²) in [6.45, 7) is 0. The van der Waals surface area contributed by atoms with Gasteiger partial charge in [0.1, 0.15) is 16.9 Å². The van der Waals surface area contributed by atoms with E-state index in [1.165, 1.54) is 0 Å². The van der Waals surface area contributed by atoms with Crippen LogP contribution < -0.4 is 5.32 Å². The third-order valence-electron chi connectivity index (χ3n) is 6.01. The predicted molar refractivity (Wildman–Crippen MR) is 136 cm³/mol. The Morgan fingerprint density at radius 3 is 1.94 bits per heavy atom. The zero-order chi connectivity index (χ0) is 22.2. The number of phenols is 1. The maximum absolute atomic E-state index is 10.2. The normalized spacial score (nSPS) is 11.2. The number of rotatable bonds is 4. The average molecular weight is 428 g/mol. The van der Waals surface area contributed by atoms with E-state index < -0.39 is 0 Å². The van der Waals surface area contributed by atoms with E-state index in [-0.39, 0.29) is 5.75 Å². The Balaban J connectivity index is 1.41. The van der Waals surface area contributed by atoms with Gasteiger partial charge in [-0.2, -0.15) is 0 Å². The molecule has 0 atom stereocenters. The standard InChI is InChI=1S/C30H21NO2/c32-27-13-5-2-9-23(27)21-18-16-20(17-19-21)22-8-1-4-11-25(22)31-26-12-7-15-29-30(26)24-10-3-6-14-28(24)33-29/h1-19,31-32H. The van der Waals surface area contributed by atoms with Crippen LogP contribution in [0.25, 0.3) is 44.2 Å². The van der Waals surface area contributed by atoms with E-state index in [4.69, 9.17) is 4.42 Å². The van der Waals surface area contributed by atoms with Gasteiger partial charge >= 0.3 is 0 Å². The van der Waals surface area contributed by atoms with Gasteiger partial charge in [0.2, 0.25) is 0 Å². The lowest BCUT2D eigenvalue weighted by Gasteiger charge is -2.14. The number of benzene rings is 5. The molecular formula is C30H21NO2. The number of nitrogens with one attached hydrogen (secondary N) is 1. The number of para-hydroxylation sites is 3. The smallest absolute Gasteiger partial charge is 0.137 e. The highest BCUT2D eigenvalue weighted by Crippen LogP contribution is 2.38. The van der Waals surface area contributed by atoms with Crippen LogP contribution in [0.5, 0.6) is 5.75 Å². The van der Waals surface area contributed by atoms with Gasteiger partial charge < -0.3 is 14.8 Å². The Bertz CT molecular complexity index is 1600. The zero-order valence-corrected chi connectivity index (χ0v) is 17.8. The number of hydrogen-bond donors (Lipinski definition) is 2. The molecule has 0 spiro atoms. The summed E-state index contributed by atoms with van der Waals surface area (Å²) < 4.78 is 6.05. The molecule has 5 aromatic carbocycles. The average Bonchev–Trinajstić information content (AvgIpc) is 3.25. The molecule has 0 fully saturated rings. The maximum Gasteiger partial charge on any atom is 0.137 e. The lowest BCUT2D eigenvalue weighted by Crippen LogP contribution is -1.94. The third kappa shape index (κ3) is 3.40. The van der Waals surface area contributed by atoms with Crippen molar-refractivity contribution in [1.82, 2.24) is 0 Å². The van der Waals surface area contributed by atoms with Crippen molar-refractivity contribution in [2.75, 3.05) is 5.32 Å². The van der Waals surface area contributed by atoms with Crippen LogP contribution in [0.4, 0.5) is 11.4 Å². The fourth-order valence-electron chi connectivity index (χ4n) is 4.41. The van der Waals surface area contributed by atoms with Crippen molar-refractivity contribution in [2.45, 2.75) is 0 Å². The van der Waals surface area contributed by atoms with Gasteiger partial charge in [-0.3, -0.25) is 0 Å². The first kappa shape index (κ1) is 19.2. The number of anilines is 2. The van der Waals surface area contributed by atoms with Crippen molar-refractivity contribution in [2.24, 2.45) is 0 Å². The fraction of sp³-hybridized carbons (Fsp3) is 0. The Morgan fingerprint density at radius 1 is 0.515 bits per heavy atom. The Hall–Kier alpha value is -4.50. The van der Waals surface area contributed by atoms with Gasteiger partial charge in [-0.15, -0.1) is 0 Å². The maximum atomic E-state index is 10.2. The minimum absolute atomic E-state index is 0.285. The lowest BCUT2D eigenvalue weighted by atomic mass is 9.98. The molecule has 3 heteroatoms. The van der Waals surface area contributed by atoms with E-state index in [9.17, 15) is 5.11 Å². The first-order valence-corrected chi connectivity index (χ1v) is 10.9. The van der Waals surface area contributed by atoms with Crippen LogP contribution >= 0.6 is 0 Å². The van der Waals surface area contributed by atoms with Crippen LogP contribution in [0.3, 0.4) is 0 Å². The van der Waals surface area contributed by atoms with Crippen molar-refractivity contribution in [1.29, 1.82) is 0 Å². The molecule has 6 rings (SSSR count). The summed E-state index contributed by atoms with van der Waals surface area (Å²) in [5.41, 5.74) is 7.79. The molecule has 0 saturated heterocycles. The molecule has 33 heavy (non-hydrogen) atoms. The summed E-state index contributed by atoms with van der Waals surface area (Å²) in [6, 6.07) is 38.2. The second-order valence-electron chi connectivity index (χ2n) is 8.04. The molecule has 2 N–H and O–H groups in total. The van der Waals surface area contributed by atoms with Crippen LogP contribution in [0.1, 0.15) is 0 Å². The van der Waals surface area contributed by atoms with Gasteiger partial charge in [-0.05, 0) is 41.5 Å². The van der Waals surface area contributed by atoms with Crippen LogP contribution in [0, 0.1) is 0 Å². The molecule has 0 saturated carbocycles. The number of furan rings is 1. The van der Waals surface area contributed by atoms with Crippen molar-refractivity contribution < 1.29 is 9.52 Å². The second-order valence-corrected chi connectivity index (χ2v) is 8.04. The van der Waals surface area contributed by atoms with Crippen molar-refractivity contribution in [3.63, 3.8) is 0 Å². The molecule has 0 aliphatic carbocycles. The van der Waals surface area contributed by atoms with Crippen LogP contribution in [-0.2, 0) is 0 Å². The minimum Gasteiger partial charge on any atom is -0.507 e.